The molecule has 1 aliphatic heterocycles. The third-order valence-electron chi connectivity index (χ3n) is 4.81. The van der Waals surface area contributed by atoms with Crippen molar-refractivity contribution in [2.75, 3.05) is 18.1 Å². The van der Waals surface area contributed by atoms with Crippen LogP contribution in [0.25, 0.3) is 0 Å². The van der Waals surface area contributed by atoms with Gasteiger partial charge < -0.3 is 20.3 Å². The lowest BCUT2D eigenvalue weighted by Gasteiger charge is -2.17. The van der Waals surface area contributed by atoms with Gasteiger partial charge in [0.2, 0.25) is 5.91 Å². The van der Waals surface area contributed by atoms with Gasteiger partial charge in [-0.3, -0.25) is 4.79 Å². The first-order valence-corrected chi connectivity index (χ1v) is 9.73. The molecule has 28 heavy (non-hydrogen) atoms. The number of hydrogen-bond donors (Lipinski definition) is 2. The van der Waals surface area contributed by atoms with Crippen LogP contribution in [0.1, 0.15) is 43.9 Å². The van der Waals surface area contributed by atoms with E-state index in [1.807, 2.05) is 67.3 Å². The van der Waals surface area contributed by atoms with Crippen molar-refractivity contribution in [2.24, 2.45) is 0 Å². The van der Waals surface area contributed by atoms with Crippen molar-refractivity contribution in [1.82, 2.24) is 10.6 Å². The molecule has 1 heterocycles. The zero-order valence-electron chi connectivity index (χ0n) is 16.4. The highest BCUT2D eigenvalue weighted by atomic mass is 16.5. The normalized spacial score (nSPS) is 14.6. The summed E-state index contributed by atoms with van der Waals surface area (Å²) in [5.41, 5.74) is 2.91. The van der Waals surface area contributed by atoms with Crippen LogP contribution in [0.2, 0.25) is 0 Å². The standard InChI is InChI=1S/C22H27N3O3/c1-3-28-20-12-8-18(9-13-20)16(2)24-22(27)23-15-17-6-10-19(11-7-17)25-14-4-5-21(25)26/h6-13,16H,3-5,14-15H2,1-2H3,(H2,23,24,27). The Morgan fingerprint density at radius 1 is 1.14 bits per heavy atom. The molecule has 1 aliphatic rings. The van der Waals surface area contributed by atoms with Gasteiger partial charge in [0.1, 0.15) is 5.75 Å². The maximum Gasteiger partial charge on any atom is 0.315 e. The van der Waals surface area contributed by atoms with Gasteiger partial charge in [-0.15, -0.1) is 0 Å². The molecule has 0 spiro atoms. The Hall–Kier alpha value is -3.02. The van der Waals surface area contributed by atoms with E-state index in [9.17, 15) is 9.59 Å². The molecule has 1 unspecified atom stereocenters. The minimum Gasteiger partial charge on any atom is -0.494 e. The predicted octanol–water partition coefficient (Wildman–Crippen LogP) is 3.77. The first kappa shape index (κ1) is 19.7. The van der Waals surface area contributed by atoms with Crippen molar-refractivity contribution < 1.29 is 14.3 Å². The maximum absolute atomic E-state index is 12.2. The van der Waals surface area contributed by atoms with Gasteiger partial charge in [0.05, 0.1) is 12.6 Å². The highest BCUT2D eigenvalue weighted by Crippen LogP contribution is 2.21. The van der Waals surface area contributed by atoms with Crippen LogP contribution in [0.4, 0.5) is 10.5 Å². The zero-order chi connectivity index (χ0) is 19.9. The van der Waals surface area contributed by atoms with Crippen LogP contribution >= 0.6 is 0 Å². The lowest BCUT2D eigenvalue weighted by Crippen LogP contribution is -2.36. The molecule has 0 bridgehead atoms. The molecule has 1 saturated heterocycles. The molecular weight excluding hydrogens is 354 g/mol. The molecule has 6 nitrogen and oxygen atoms in total. The van der Waals surface area contributed by atoms with E-state index in [0.29, 0.717) is 19.6 Å². The Bertz CT molecular complexity index is 803. The van der Waals surface area contributed by atoms with Crippen LogP contribution in [0.3, 0.4) is 0 Å². The number of carbonyl (C=O) groups is 2. The number of carbonyl (C=O) groups excluding carboxylic acids is 2. The molecule has 1 atom stereocenters. The fraction of sp³-hybridized carbons (Fsp3) is 0.364. The van der Waals surface area contributed by atoms with E-state index in [1.54, 1.807) is 0 Å². The van der Waals surface area contributed by atoms with Crippen molar-refractivity contribution >= 4 is 17.6 Å². The summed E-state index contributed by atoms with van der Waals surface area (Å²) in [4.78, 5) is 25.8. The SMILES string of the molecule is CCOc1ccc(C(C)NC(=O)NCc2ccc(N3CCCC3=O)cc2)cc1. The van der Waals surface area contributed by atoms with E-state index in [0.717, 1.165) is 35.5 Å². The number of ether oxygens (including phenoxy) is 1. The summed E-state index contributed by atoms with van der Waals surface area (Å²) in [6, 6.07) is 15.1. The zero-order valence-corrected chi connectivity index (χ0v) is 16.4. The smallest absolute Gasteiger partial charge is 0.315 e. The van der Waals surface area contributed by atoms with E-state index in [2.05, 4.69) is 10.6 Å². The summed E-state index contributed by atoms with van der Waals surface area (Å²) in [6.07, 6.45) is 1.53. The van der Waals surface area contributed by atoms with Crippen molar-refractivity contribution in [3.63, 3.8) is 0 Å². The van der Waals surface area contributed by atoms with Gasteiger partial charge in [0, 0.05) is 25.2 Å². The van der Waals surface area contributed by atoms with Gasteiger partial charge in [-0.05, 0) is 55.7 Å². The summed E-state index contributed by atoms with van der Waals surface area (Å²) in [5, 5.41) is 5.81. The van der Waals surface area contributed by atoms with Gasteiger partial charge in [-0.25, -0.2) is 4.79 Å². The first-order chi connectivity index (χ1) is 13.6. The molecule has 2 N–H and O–H groups in total. The Balaban J connectivity index is 1.47. The monoisotopic (exact) mass is 381 g/mol. The van der Waals surface area contributed by atoms with Crippen molar-refractivity contribution in [1.29, 1.82) is 0 Å². The lowest BCUT2D eigenvalue weighted by atomic mass is 10.1. The minimum atomic E-state index is -0.222. The second-order valence-electron chi connectivity index (χ2n) is 6.87. The van der Waals surface area contributed by atoms with Crippen LogP contribution < -0.4 is 20.3 Å². The number of urea groups is 1. The van der Waals surface area contributed by atoms with Crippen molar-refractivity contribution in [2.45, 2.75) is 39.3 Å². The summed E-state index contributed by atoms with van der Waals surface area (Å²) in [5.74, 6) is 0.996. The molecule has 1 fully saturated rings. The predicted molar refractivity (Wildman–Crippen MR) is 109 cm³/mol. The second kappa shape index (κ2) is 9.26. The van der Waals surface area contributed by atoms with Crippen LogP contribution in [0, 0.1) is 0 Å². The first-order valence-electron chi connectivity index (χ1n) is 9.73. The number of benzene rings is 2. The fourth-order valence-electron chi connectivity index (χ4n) is 3.25. The van der Waals surface area contributed by atoms with E-state index < -0.39 is 0 Å². The highest BCUT2D eigenvalue weighted by Gasteiger charge is 2.21. The quantitative estimate of drug-likeness (QED) is 0.767. The van der Waals surface area contributed by atoms with Crippen molar-refractivity contribution in [3.8, 4) is 5.75 Å². The third kappa shape index (κ3) is 5.03. The molecule has 2 aromatic carbocycles. The average Bonchev–Trinajstić information content (AvgIpc) is 3.13. The lowest BCUT2D eigenvalue weighted by molar-refractivity contribution is -0.117. The van der Waals surface area contributed by atoms with Crippen LogP contribution in [0.15, 0.2) is 48.5 Å². The molecule has 2 aromatic rings. The number of hydrogen-bond acceptors (Lipinski definition) is 3. The number of nitrogens with zero attached hydrogens (tertiary/aromatic N) is 1. The molecule has 0 saturated carbocycles. The summed E-state index contributed by atoms with van der Waals surface area (Å²) < 4.78 is 5.43. The largest absolute Gasteiger partial charge is 0.494 e. The van der Waals surface area contributed by atoms with Gasteiger partial charge in [0.25, 0.3) is 0 Å². The Kier molecular flexibility index (Phi) is 6.53. The van der Waals surface area contributed by atoms with Crippen LogP contribution in [-0.2, 0) is 11.3 Å². The number of rotatable bonds is 7. The summed E-state index contributed by atoms with van der Waals surface area (Å²) >= 11 is 0. The number of nitrogens with one attached hydrogen (secondary N) is 2. The van der Waals surface area contributed by atoms with Gasteiger partial charge in [-0.2, -0.15) is 0 Å². The van der Waals surface area contributed by atoms with E-state index in [4.69, 9.17) is 4.74 Å². The van der Waals surface area contributed by atoms with Crippen LogP contribution in [-0.4, -0.2) is 25.1 Å². The summed E-state index contributed by atoms with van der Waals surface area (Å²) in [7, 11) is 0. The molecule has 0 aliphatic carbocycles. The molecule has 0 aromatic heterocycles. The van der Waals surface area contributed by atoms with E-state index >= 15 is 0 Å². The molecule has 3 amide bonds. The maximum atomic E-state index is 12.2. The molecule has 0 radical (unpaired) electrons. The van der Waals surface area contributed by atoms with E-state index in [1.165, 1.54) is 0 Å². The topological polar surface area (TPSA) is 70.7 Å². The second-order valence-corrected chi connectivity index (χ2v) is 6.87. The number of anilines is 1. The average molecular weight is 381 g/mol. The molecule has 148 valence electrons. The Labute approximate surface area is 165 Å². The highest BCUT2D eigenvalue weighted by molar-refractivity contribution is 5.95. The number of amides is 3. The minimum absolute atomic E-state index is 0.112. The van der Waals surface area contributed by atoms with Gasteiger partial charge in [-0.1, -0.05) is 24.3 Å². The van der Waals surface area contributed by atoms with Gasteiger partial charge in [0.15, 0.2) is 0 Å². The Morgan fingerprint density at radius 2 is 1.86 bits per heavy atom. The third-order valence-corrected chi connectivity index (χ3v) is 4.81. The molecular formula is C22H27N3O3. The molecule has 3 rings (SSSR count). The molecule has 6 heteroatoms. The van der Waals surface area contributed by atoms with Crippen molar-refractivity contribution in [3.05, 3.63) is 59.7 Å². The van der Waals surface area contributed by atoms with Crippen LogP contribution in [0.5, 0.6) is 5.75 Å². The Morgan fingerprint density at radius 3 is 2.46 bits per heavy atom. The fourth-order valence-corrected chi connectivity index (χ4v) is 3.25. The van der Waals surface area contributed by atoms with E-state index in [-0.39, 0.29) is 18.0 Å². The summed E-state index contributed by atoms with van der Waals surface area (Å²) in [6.45, 7) is 5.72. The van der Waals surface area contributed by atoms with Gasteiger partial charge >= 0.3 is 6.03 Å².